The van der Waals surface area contributed by atoms with Gasteiger partial charge in [0.1, 0.15) is 11.3 Å². The molecule has 4 aromatic rings. The Hall–Kier alpha value is -3.87. The first-order valence-corrected chi connectivity index (χ1v) is 10.3. The lowest BCUT2D eigenvalue weighted by molar-refractivity contribution is 0.0952. The van der Waals surface area contributed by atoms with Gasteiger partial charge in [0, 0.05) is 30.4 Å². The van der Waals surface area contributed by atoms with Crippen molar-refractivity contribution >= 4 is 17.1 Å². The molecule has 0 aliphatic carbocycles. The average Bonchev–Trinajstić information content (AvgIpc) is 3.41. The first-order valence-electron chi connectivity index (χ1n) is 10.3. The molecule has 5 rings (SSSR count). The lowest BCUT2D eigenvalue weighted by Crippen LogP contribution is -2.25. The van der Waals surface area contributed by atoms with E-state index in [0.29, 0.717) is 30.2 Å². The van der Waals surface area contributed by atoms with Crippen LogP contribution in [0.25, 0.3) is 22.6 Å². The number of ether oxygens (including phenoxy) is 2. The third-order valence-corrected chi connectivity index (χ3v) is 5.29. The van der Waals surface area contributed by atoms with Crippen LogP contribution < -0.4 is 14.8 Å². The van der Waals surface area contributed by atoms with E-state index in [9.17, 15) is 4.79 Å². The molecule has 0 unspecified atom stereocenters. The number of benzene rings is 2. The van der Waals surface area contributed by atoms with Gasteiger partial charge in [-0.25, -0.2) is 9.97 Å². The van der Waals surface area contributed by atoms with E-state index in [0.717, 1.165) is 29.0 Å². The van der Waals surface area contributed by atoms with Gasteiger partial charge in [-0.15, -0.1) is 0 Å². The van der Waals surface area contributed by atoms with Gasteiger partial charge in [-0.1, -0.05) is 29.8 Å². The summed E-state index contributed by atoms with van der Waals surface area (Å²) < 4.78 is 12.8. The highest BCUT2D eigenvalue weighted by Gasteiger charge is 2.16. The van der Waals surface area contributed by atoms with Crippen LogP contribution in [0.15, 0.2) is 60.8 Å². The van der Waals surface area contributed by atoms with Crippen molar-refractivity contribution in [1.82, 2.24) is 19.9 Å². The number of carbonyl (C=O) groups is 1. The lowest BCUT2D eigenvalue weighted by Gasteiger charge is -2.10. The van der Waals surface area contributed by atoms with Gasteiger partial charge in [0.2, 0.25) is 6.79 Å². The predicted octanol–water partition coefficient (Wildman–Crippen LogP) is 3.96. The second-order valence-electron chi connectivity index (χ2n) is 7.48. The van der Waals surface area contributed by atoms with Crippen LogP contribution in [0.2, 0.25) is 0 Å². The Kier molecular flexibility index (Phi) is 5.00. The van der Waals surface area contributed by atoms with Gasteiger partial charge in [-0.3, -0.25) is 4.79 Å². The third kappa shape index (κ3) is 3.82. The normalized spacial score (nSPS) is 12.3. The highest BCUT2D eigenvalue weighted by Crippen LogP contribution is 2.32. The molecule has 0 fully saturated rings. The van der Waals surface area contributed by atoms with Crippen molar-refractivity contribution in [2.24, 2.45) is 0 Å². The van der Waals surface area contributed by atoms with Crippen molar-refractivity contribution in [1.29, 1.82) is 0 Å². The van der Waals surface area contributed by atoms with Gasteiger partial charge < -0.3 is 19.4 Å². The molecule has 0 bridgehead atoms. The van der Waals surface area contributed by atoms with Crippen molar-refractivity contribution in [2.75, 3.05) is 13.3 Å². The largest absolute Gasteiger partial charge is 0.454 e. The Bertz CT molecular complexity index is 1250. The summed E-state index contributed by atoms with van der Waals surface area (Å²) >= 11 is 0. The maximum absolute atomic E-state index is 12.5. The number of aromatic nitrogens is 3. The van der Waals surface area contributed by atoms with E-state index in [1.54, 1.807) is 24.4 Å². The zero-order valence-electron chi connectivity index (χ0n) is 17.2. The number of amides is 1. The van der Waals surface area contributed by atoms with E-state index in [-0.39, 0.29) is 12.7 Å². The Morgan fingerprint density at radius 1 is 1.10 bits per heavy atom. The lowest BCUT2D eigenvalue weighted by atomic mass is 10.1. The van der Waals surface area contributed by atoms with Crippen molar-refractivity contribution in [3.05, 3.63) is 71.9 Å². The maximum Gasteiger partial charge on any atom is 0.251 e. The second kappa shape index (κ2) is 8.10. The summed E-state index contributed by atoms with van der Waals surface area (Å²) in [6.07, 6.45) is 2.53. The summed E-state index contributed by atoms with van der Waals surface area (Å²) in [5.41, 5.74) is 4.52. The van der Waals surface area contributed by atoms with Gasteiger partial charge in [0.05, 0.1) is 0 Å². The fraction of sp³-hybridized carbons (Fsp3) is 0.208. The molecule has 31 heavy (non-hydrogen) atoms. The number of aryl methyl sites for hydroxylation is 2. The minimum Gasteiger partial charge on any atom is -0.454 e. The quantitative estimate of drug-likeness (QED) is 0.483. The molecule has 0 radical (unpaired) electrons. The molecule has 2 aromatic carbocycles. The van der Waals surface area contributed by atoms with Crippen LogP contribution in [-0.4, -0.2) is 33.8 Å². The highest BCUT2D eigenvalue weighted by atomic mass is 16.7. The smallest absolute Gasteiger partial charge is 0.251 e. The van der Waals surface area contributed by atoms with Crippen molar-refractivity contribution in [2.45, 2.75) is 19.9 Å². The topological polar surface area (TPSA) is 78.3 Å². The molecule has 156 valence electrons. The van der Waals surface area contributed by atoms with Crippen LogP contribution in [0.1, 0.15) is 22.3 Å². The van der Waals surface area contributed by atoms with Crippen molar-refractivity contribution in [3.8, 4) is 22.9 Å². The van der Waals surface area contributed by atoms with E-state index in [4.69, 9.17) is 14.5 Å². The molecule has 3 heterocycles. The molecule has 7 heteroatoms. The van der Waals surface area contributed by atoms with Crippen LogP contribution in [0.5, 0.6) is 11.5 Å². The molecular formula is C24H22N4O3. The van der Waals surface area contributed by atoms with E-state index in [1.165, 1.54) is 5.56 Å². The van der Waals surface area contributed by atoms with Crippen LogP contribution in [0, 0.1) is 6.92 Å². The van der Waals surface area contributed by atoms with E-state index >= 15 is 0 Å². The zero-order valence-corrected chi connectivity index (χ0v) is 17.2. The molecule has 0 atom stereocenters. The van der Waals surface area contributed by atoms with Crippen LogP contribution in [0.3, 0.4) is 0 Å². The number of nitrogens with one attached hydrogen (secondary N) is 1. The number of nitrogens with zero attached hydrogens (tertiary/aromatic N) is 3. The number of fused-ring (bicyclic) bond motifs is 2. The molecular weight excluding hydrogens is 392 g/mol. The van der Waals surface area contributed by atoms with Gasteiger partial charge in [-0.05, 0) is 43.7 Å². The summed E-state index contributed by atoms with van der Waals surface area (Å²) in [7, 11) is 0. The Labute approximate surface area is 179 Å². The summed E-state index contributed by atoms with van der Waals surface area (Å²) in [4.78, 5) is 21.8. The van der Waals surface area contributed by atoms with Crippen LogP contribution >= 0.6 is 0 Å². The van der Waals surface area contributed by atoms with E-state index < -0.39 is 0 Å². The predicted molar refractivity (Wildman–Crippen MR) is 117 cm³/mol. The fourth-order valence-electron chi connectivity index (χ4n) is 3.67. The number of pyridine rings is 1. The number of hydrogen-bond acceptors (Lipinski definition) is 5. The number of hydrogen-bond donors (Lipinski definition) is 1. The molecule has 1 amide bonds. The SMILES string of the molecule is Cc1ccc(-c2nc3cccnc3n2CCCNC(=O)c2ccc3c(c2)OCO3)cc1. The molecule has 1 aliphatic rings. The van der Waals surface area contributed by atoms with Gasteiger partial charge in [-0.2, -0.15) is 0 Å². The Morgan fingerprint density at radius 2 is 1.94 bits per heavy atom. The Morgan fingerprint density at radius 3 is 2.81 bits per heavy atom. The molecule has 2 aromatic heterocycles. The first-order chi connectivity index (χ1) is 15.2. The first kappa shape index (κ1) is 19.1. The molecule has 0 saturated carbocycles. The van der Waals surface area contributed by atoms with E-state index in [2.05, 4.69) is 46.1 Å². The minimum atomic E-state index is -0.134. The summed E-state index contributed by atoms with van der Waals surface area (Å²) in [6.45, 7) is 3.49. The fourth-order valence-corrected chi connectivity index (χ4v) is 3.67. The molecule has 1 aliphatic heterocycles. The number of rotatable bonds is 6. The van der Waals surface area contributed by atoms with Gasteiger partial charge in [0.25, 0.3) is 5.91 Å². The number of carbonyl (C=O) groups excluding carboxylic acids is 1. The zero-order chi connectivity index (χ0) is 21.2. The van der Waals surface area contributed by atoms with Crippen molar-refractivity contribution in [3.63, 3.8) is 0 Å². The third-order valence-electron chi connectivity index (χ3n) is 5.29. The summed E-state index contributed by atoms with van der Waals surface area (Å²) in [5.74, 6) is 2.02. The average molecular weight is 414 g/mol. The Balaban J connectivity index is 1.29. The van der Waals surface area contributed by atoms with Gasteiger partial charge >= 0.3 is 0 Å². The monoisotopic (exact) mass is 414 g/mol. The van der Waals surface area contributed by atoms with Crippen LogP contribution in [-0.2, 0) is 6.54 Å². The number of imidazole rings is 1. The van der Waals surface area contributed by atoms with Gasteiger partial charge in [0.15, 0.2) is 17.1 Å². The summed E-state index contributed by atoms with van der Waals surface area (Å²) in [6, 6.07) is 17.4. The summed E-state index contributed by atoms with van der Waals surface area (Å²) in [5, 5.41) is 2.98. The molecule has 1 N–H and O–H groups in total. The molecule has 0 spiro atoms. The maximum atomic E-state index is 12.5. The molecule has 0 saturated heterocycles. The highest BCUT2D eigenvalue weighted by molar-refractivity contribution is 5.94. The second-order valence-corrected chi connectivity index (χ2v) is 7.48. The van der Waals surface area contributed by atoms with Crippen LogP contribution in [0.4, 0.5) is 0 Å². The standard InChI is InChI=1S/C24H22N4O3/c1-16-5-7-17(8-6-16)22-27-19-4-2-11-25-23(19)28(22)13-3-12-26-24(29)18-9-10-20-21(14-18)31-15-30-20/h2,4-11,14H,3,12-13,15H2,1H3,(H,26,29). The van der Waals surface area contributed by atoms with Crippen molar-refractivity contribution < 1.29 is 14.3 Å². The van der Waals surface area contributed by atoms with E-state index in [1.807, 2.05) is 12.1 Å². The minimum absolute atomic E-state index is 0.134. The molecule has 7 nitrogen and oxygen atoms in total.